The summed E-state index contributed by atoms with van der Waals surface area (Å²) in [6.07, 6.45) is 5.33. The second kappa shape index (κ2) is 6.31. The zero-order chi connectivity index (χ0) is 13.7. The number of amides is 1. The maximum atomic E-state index is 12.0. The summed E-state index contributed by atoms with van der Waals surface area (Å²) in [5.41, 5.74) is 1.10. The lowest BCUT2D eigenvalue weighted by molar-refractivity contribution is -0.145. The van der Waals surface area contributed by atoms with Crippen LogP contribution in [0.1, 0.15) is 18.4 Å². The molecule has 0 aliphatic carbocycles. The lowest BCUT2D eigenvalue weighted by Gasteiger charge is -2.15. The molecule has 0 radical (unpaired) electrons. The van der Waals surface area contributed by atoms with Gasteiger partial charge in [0.2, 0.25) is 5.91 Å². The summed E-state index contributed by atoms with van der Waals surface area (Å²) in [6, 6.07) is 3.82. The first-order valence-corrected chi connectivity index (χ1v) is 6.45. The standard InChI is InChI=1S/C14H18N2O3/c1-19-14(18)12-6-9-16(10-12)13(17)3-2-11-4-7-15-8-5-11/h4-5,7-8,12H,2-3,6,9-10H2,1H3. The van der Waals surface area contributed by atoms with Gasteiger partial charge in [-0.25, -0.2) is 0 Å². The summed E-state index contributed by atoms with van der Waals surface area (Å²) in [7, 11) is 1.39. The summed E-state index contributed by atoms with van der Waals surface area (Å²) < 4.78 is 4.71. The molecule has 0 saturated carbocycles. The maximum absolute atomic E-state index is 12.0. The van der Waals surface area contributed by atoms with Crippen molar-refractivity contribution < 1.29 is 14.3 Å². The number of carbonyl (C=O) groups is 2. The van der Waals surface area contributed by atoms with Gasteiger partial charge in [-0.2, -0.15) is 0 Å². The van der Waals surface area contributed by atoms with Crippen LogP contribution in [-0.4, -0.2) is 42.0 Å². The quantitative estimate of drug-likeness (QED) is 0.761. The van der Waals surface area contributed by atoms with E-state index in [1.165, 1.54) is 7.11 Å². The largest absolute Gasteiger partial charge is 0.469 e. The van der Waals surface area contributed by atoms with Crippen LogP contribution in [0.5, 0.6) is 0 Å². The van der Waals surface area contributed by atoms with Gasteiger partial charge in [0.25, 0.3) is 0 Å². The van der Waals surface area contributed by atoms with Crippen LogP contribution in [0.4, 0.5) is 0 Å². The van der Waals surface area contributed by atoms with Crippen molar-refractivity contribution >= 4 is 11.9 Å². The van der Waals surface area contributed by atoms with Crippen molar-refractivity contribution in [1.82, 2.24) is 9.88 Å². The molecule has 1 fully saturated rings. The molecule has 1 aromatic heterocycles. The van der Waals surface area contributed by atoms with Crippen LogP contribution < -0.4 is 0 Å². The summed E-state index contributed by atoms with van der Waals surface area (Å²) >= 11 is 0. The van der Waals surface area contributed by atoms with Crippen molar-refractivity contribution in [3.63, 3.8) is 0 Å². The highest BCUT2D eigenvalue weighted by atomic mass is 16.5. The van der Waals surface area contributed by atoms with Crippen LogP contribution in [0.2, 0.25) is 0 Å². The number of aryl methyl sites for hydroxylation is 1. The third-order valence-corrected chi connectivity index (χ3v) is 3.45. The molecular formula is C14H18N2O3. The van der Waals surface area contributed by atoms with Gasteiger partial charge in [-0.05, 0) is 30.5 Å². The summed E-state index contributed by atoms with van der Waals surface area (Å²) in [6.45, 7) is 1.14. The molecule has 5 nitrogen and oxygen atoms in total. The average molecular weight is 262 g/mol. The monoisotopic (exact) mass is 262 g/mol. The van der Waals surface area contributed by atoms with E-state index in [0.29, 0.717) is 32.4 Å². The molecule has 1 amide bonds. The molecule has 2 heterocycles. The molecule has 0 N–H and O–H groups in total. The van der Waals surface area contributed by atoms with Crippen molar-refractivity contribution in [2.75, 3.05) is 20.2 Å². The first-order valence-electron chi connectivity index (χ1n) is 6.45. The fraction of sp³-hybridized carbons (Fsp3) is 0.500. The predicted molar refractivity (Wildman–Crippen MR) is 69.3 cm³/mol. The number of likely N-dealkylation sites (tertiary alicyclic amines) is 1. The topological polar surface area (TPSA) is 59.5 Å². The molecule has 0 spiro atoms. The Bertz CT molecular complexity index is 447. The van der Waals surface area contributed by atoms with Gasteiger partial charge in [0.05, 0.1) is 13.0 Å². The molecule has 0 aromatic carbocycles. The van der Waals surface area contributed by atoms with E-state index in [1.807, 2.05) is 12.1 Å². The molecule has 1 aliphatic heterocycles. The molecule has 19 heavy (non-hydrogen) atoms. The van der Waals surface area contributed by atoms with E-state index >= 15 is 0 Å². The fourth-order valence-electron chi connectivity index (χ4n) is 2.30. The van der Waals surface area contributed by atoms with Crippen molar-refractivity contribution in [1.29, 1.82) is 0 Å². The third-order valence-electron chi connectivity index (χ3n) is 3.45. The second-order valence-electron chi connectivity index (χ2n) is 4.70. The van der Waals surface area contributed by atoms with E-state index in [1.54, 1.807) is 17.3 Å². The minimum Gasteiger partial charge on any atom is -0.469 e. The summed E-state index contributed by atoms with van der Waals surface area (Å²) in [5.74, 6) is -0.275. The van der Waals surface area contributed by atoms with E-state index in [-0.39, 0.29) is 17.8 Å². The number of methoxy groups -OCH3 is 1. The number of aromatic nitrogens is 1. The Labute approximate surface area is 112 Å². The van der Waals surface area contributed by atoms with E-state index in [2.05, 4.69) is 4.98 Å². The number of esters is 1. The van der Waals surface area contributed by atoms with Crippen molar-refractivity contribution in [2.45, 2.75) is 19.3 Å². The van der Waals surface area contributed by atoms with Crippen molar-refractivity contribution in [3.8, 4) is 0 Å². The normalized spacial score (nSPS) is 18.4. The Hall–Kier alpha value is -1.91. The summed E-state index contributed by atoms with van der Waals surface area (Å²) in [5, 5.41) is 0. The zero-order valence-electron chi connectivity index (χ0n) is 11.0. The minimum absolute atomic E-state index is 0.100. The number of rotatable bonds is 4. The lowest BCUT2D eigenvalue weighted by atomic mass is 10.1. The van der Waals surface area contributed by atoms with Gasteiger partial charge >= 0.3 is 5.97 Å². The smallest absolute Gasteiger partial charge is 0.310 e. The van der Waals surface area contributed by atoms with E-state index in [0.717, 1.165) is 5.56 Å². The molecule has 1 atom stereocenters. The third kappa shape index (κ3) is 3.53. The average Bonchev–Trinajstić information content (AvgIpc) is 2.95. The molecule has 1 unspecified atom stereocenters. The molecular weight excluding hydrogens is 244 g/mol. The number of carbonyl (C=O) groups excluding carboxylic acids is 2. The van der Waals surface area contributed by atoms with E-state index in [9.17, 15) is 9.59 Å². The highest BCUT2D eigenvalue weighted by molar-refractivity contribution is 5.79. The highest BCUT2D eigenvalue weighted by Crippen LogP contribution is 2.18. The molecule has 1 aliphatic rings. The number of hydrogen-bond acceptors (Lipinski definition) is 4. The van der Waals surface area contributed by atoms with Gasteiger partial charge in [0, 0.05) is 31.9 Å². The Morgan fingerprint density at radius 3 is 2.84 bits per heavy atom. The maximum Gasteiger partial charge on any atom is 0.310 e. The predicted octanol–water partition coefficient (Wildman–Crippen LogP) is 1.04. The molecule has 102 valence electrons. The molecule has 0 bridgehead atoms. The van der Waals surface area contributed by atoms with Crippen LogP contribution in [0.25, 0.3) is 0 Å². The van der Waals surface area contributed by atoms with Crippen LogP contribution in [0.3, 0.4) is 0 Å². The molecule has 1 saturated heterocycles. The Morgan fingerprint density at radius 2 is 2.16 bits per heavy atom. The van der Waals surface area contributed by atoms with Crippen LogP contribution in [-0.2, 0) is 20.7 Å². The van der Waals surface area contributed by atoms with Crippen LogP contribution in [0, 0.1) is 5.92 Å². The van der Waals surface area contributed by atoms with E-state index in [4.69, 9.17) is 4.74 Å². The molecule has 5 heteroatoms. The second-order valence-corrected chi connectivity index (χ2v) is 4.70. The number of hydrogen-bond donors (Lipinski definition) is 0. The van der Waals surface area contributed by atoms with Gasteiger partial charge in [-0.1, -0.05) is 0 Å². The number of ether oxygens (including phenoxy) is 1. The lowest BCUT2D eigenvalue weighted by Crippen LogP contribution is -2.30. The minimum atomic E-state index is -0.218. The van der Waals surface area contributed by atoms with Crippen molar-refractivity contribution in [2.24, 2.45) is 5.92 Å². The number of nitrogens with zero attached hydrogens (tertiary/aromatic N) is 2. The summed E-state index contributed by atoms with van der Waals surface area (Å²) in [4.78, 5) is 29.1. The van der Waals surface area contributed by atoms with Gasteiger partial charge < -0.3 is 9.64 Å². The van der Waals surface area contributed by atoms with Gasteiger partial charge in [-0.15, -0.1) is 0 Å². The SMILES string of the molecule is COC(=O)C1CCN(C(=O)CCc2ccncc2)C1. The zero-order valence-corrected chi connectivity index (χ0v) is 11.0. The Kier molecular flexibility index (Phi) is 4.49. The number of pyridine rings is 1. The molecule has 1 aromatic rings. The van der Waals surface area contributed by atoms with Gasteiger partial charge in [0.15, 0.2) is 0 Å². The van der Waals surface area contributed by atoms with Crippen molar-refractivity contribution in [3.05, 3.63) is 30.1 Å². The fourth-order valence-corrected chi connectivity index (χ4v) is 2.30. The highest BCUT2D eigenvalue weighted by Gasteiger charge is 2.31. The van der Waals surface area contributed by atoms with Gasteiger partial charge in [-0.3, -0.25) is 14.6 Å². The molecule has 2 rings (SSSR count). The van der Waals surface area contributed by atoms with Crippen LogP contribution >= 0.6 is 0 Å². The van der Waals surface area contributed by atoms with Crippen LogP contribution in [0.15, 0.2) is 24.5 Å². The first-order chi connectivity index (χ1) is 9.20. The van der Waals surface area contributed by atoms with Gasteiger partial charge in [0.1, 0.15) is 0 Å². The first kappa shape index (κ1) is 13.5. The Balaban J connectivity index is 1.80. The van der Waals surface area contributed by atoms with E-state index < -0.39 is 0 Å². The Morgan fingerprint density at radius 1 is 1.42 bits per heavy atom.